The fourth-order valence-electron chi connectivity index (χ4n) is 1.81. The van der Waals surface area contributed by atoms with Crippen LogP contribution >= 0.6 is 23.4 Å². The van der Waals surface area contributed by atoms with Crippen molar-refractivity contribution in [2.24, 2.45) is 0 Å². The van der Waals surface area contributed by atoms with Crippen LogP contribution in [0, 0.1) is 11.3 Å². The molecule has 0 heterocycles. The van der Waals surface area contributed by atoms with Gasteiger partial charge in [-0.15, -0.1) is 0 Å². The Morgan fingerprint density at radius 1 is 1.09 bits per heavy atom. The summed E-state index contributed by atoms with van der Waals surface area (Å²) in [6.07, 6.45) is 0. The van der Waals surface area contributed by atoms with Gasteiger partial charge in [0.1, 0.15) is 0 Å². The molecule has 0 spiro atoms. The van der Waals surface area contributed by atoms with E-state index in [2.05, 4.69) is 4.72 Å². The van der Waals surface area contributed by atoms with Gasteiger partial charge in [0.05, 0.1) is 16.5 Å². The zero-order chi connectivity index (χ0) is 16.7. The van der Waals surface area contributed by atoms with Gasteiger partial charge >= 0.3 is 0 Å². The molecule has 1 N–H and O–H groups in total. The third-order valence-electron chi connectivity index (χ3n) is 3.01. The van der Waals surface area contributed by atoms with Crippen LogP contribution in [-0.4, -0.2) is 20.7 Å². The molecule has 0 aromatic heterocycles. The molecule has 4 nitrogen and oxygen atoms in total. The van der Waals surface area contributed by atoms with Crippen LogP contribution in [0.5, 0.6) is 0 Å². The largest absolute Gasteiger partial charge is 0.240 e. The van der Waals surface area contributed by atoms with Crippen LogP contribution in [0.1, 0.15) is 11.1 Å². The van der Waals surface area contributed by atoms with Crippen LogP contribution in [0.15, 0.2) is 53.4 Å². The fourth-order valence-corrected chi connectivity index (χ4v) is 3.92. The van der Waals surface area contributed by atoms with E-state index in [1.54, 1.807) is 11.8 Å². The Balaban J connectivity index is 1.78. The van der Waals surface area contributed by atoms with Gasteiger partial charge in [-0.1, -0.05) is 23.7 Å². The van der Waals surface area contributed by atoms with E-state index < -0.39 is 10.0 Å². The molecule has 0 aliphatic carbocycles. The highest BCUT2D eigenvalue weighted by Gasteiger charge is 2.12. The summed E-state index contributed by atoms with van der Waals surface area (Å²) in [6.45, 7) is 0.348. The van der Waals surface area contributed by atoms with Crippen LogP contribution < -0.4 is 4.72 Å². The Bertz CT molecular complexity index is 782. The molecule has 0 bridgehead atoms. The van der Waals surface area contributed by atoms with E-state index in [4.69, 9.17) is 16.9 Å². The molecule has 2 rings (SSSR count). The van der Waals surface area contributed by atoms with E-state index in [-0.39, 0.29) is 4.90 Å². The van der Waals surface area contributed by atoms with Gasteiger partial charge in [-0.3, -0.25) is 0 Å². The summed E-state index contributed by atoms with van der Waals surface area (Å²) < 4.78 is 26.7. The Kier molecular flexibility index (Phi) is 6.48. The van der Waals surface area contributed by atoms with E-state index in [0.29, 0.717) is 22.9 Å². The normalized spacial score (nSPS) is 11.1. The predicted molar refractivity (Wildman–Crippen MR) is 94.0 cm³/mol. The molecule has 23 heavy (non-hydrogen) atoms. The average Bonchev–Trinajstić information content (AvgIpc) is 2.56. The monoisotopic (exact) mass is 366 g/mol. The van der Waals surface area contributed by atoms with Crippen molar-refractivity contribution in [1.29, 1.82) is 5.26 Å². The number of benzene rings is 2. The van der Waals surface area contributed by atoms with Crippen molar-refractivity contribution in [2.75, 3.05) is 12.3 Å². The van der Waals surface area contributed by atoms with Gasteiger partial charge in [0.2, 0.25) is 10.0 Å². The molecule has 2 aromatic rings. The standard InChI is InChI=1S/C16H15ClN2O2S2/c17-15-5-1-14(2-6-15)12-22-10-9-19-23(20,21)16-7-3-13(11-18)4-8-16/h1-8,19H,9-10,12H2. The lowest BCUT2D eigenvalue weighted by atomic mass is 10.2. The molecule has 0 amide bonds. The molecule has 0 radical (unpaired) electrons. The zero-order valence-electron chi connectivity index (χ0n) is 12.2. The minimum Gasteiger partial charge on any atom is -0.210 e. The number of halogens is 1. The van der Waals surface area contributed by atoms with Crippen molar-refractivity contribution in [3.8, 4) is 6.07 Å². The third kappa shape index (κ3) is 5.56. The van der Waals surface area contributed by atoms with Gasteiger partial charge in [0.25, 0.3) is 0 Å². The maximum Gasteiger partial charge on any atom is 0.240 e. The molecule has 7 heteroatoms. The average molecular weight is 367 g/mol. The van der Waals surface area contributed by atoms with Gasteiger partial charge in [0, 0.05) is 23.1 Å². The Hall–Kier alpha value is -1.52. The first kappa shape index (κ1) is 17.8. The summed E-state index contributed by atoms with van der Waals surface area (Å²) in [5.41, 5.74) is 1.58. The molecule has 0 unspecified atom stereocenters. The highest BCUT2D eigenvalue weighted by atomic mass is 35.5. The molecule has 0 saturated carbocycles. The van der Waals surface area contributed by atoms with E-state index in [1.165, 1.54) is 24.3 Å². The number of thioether (sulfide) groups is 1. The first-order valence-corrected chi connectivity index (χ1v) is 9.85. The second-order valence-corrected chi connectivity index (χ2v) is 8.02. The molecule has 0 aliphatic rings. The number of hydrogen-bond donors (Lipinski definition) is 1. The van der Waals surface area contributed by atoms with Crippen molar-refractivity contribution >= 4 is 33.4 Å². The number of hydrogen-bond acceptors (Lipinski definition) is 4. The van der Waals surface area contributed by atoms with Gasteiger partial charge in [0.15, 0.2) is 0 Å². The Labute approximate surface area is 145 Å². The van der Waals surface area contributed by atoms with E-state index in [1.807, 2.05) is 30.3 Å². The second-order valence-electron chi connectivity index (χ2n) is 4.71. The molecule has 0 atom stereocenters. The van der Waals surface area contributed by atoms with Gasteiger partial charge in [-0.2, -0.15) is 17.0 Å². The first-order chi connectivity index (χ1) is 11.0. The maximum absolute atomic E-state index is 12.1. The Morgan fingerprint density at radius 3 is 2.35 bits per heavy atom. The molecule has 0 aliphatic heterocycles. The SMILES string of the molecule is N#Cc1ccc(S(=O)(=O)NCCSCc2ccc(Cl)cc2)cc1. The van der Waals surface area contributed by atoms with Crippen molar-refractivity contribution in [3.05, 3.63) is 64.7 Å². The number of nitrogens with one attached hydrogen (secondary N) is 1. The molecule has 120 valence electrons. The van der Waals surface area contributed by atoms with E-state index in [9.17, 15) is 8.42 Å². The van der Waals surface area contributed by atoms with E-state index >= 15 is 0 Å². The van der Waals surface area contributed by atoms with Crippen molar-refractivity contribution in [3.63, 3.8) is 0 Å². The van der Waals surface area contributed by atoms with Crippen LogP contribution in [0.25, 0.3) is 0 Å². The van der Waals surface area contributed by atoms with Crippen molar-refractivity contribution in [1.82, 2.24) is 4.72 Å². The minimum absolute atomic E-state index is 0.166. The van der Waals surface area contributed by atoms with Gasteiger partial charge < -0.3 is 0 Å². The summed E-state index contributed by atoms with van der Waals surface area (Å²) in [4.78, 5) is 0.166. The zero-order valence-corrected chi connectivity index (χ0v) is 14.6. The third-order valence-corrected chi connectivity index (χ3v) is 5.77. The number of nitriles is 1. The topological polar surface area (TPSA) is 70.0 Å². The second kappa shape index (κ2) is 8.37. The van der Waals surface area contributed by atoms with Crippen molar-refractivity contribution < 1.29 is 8.42 Å². The molecule has 0 saturated heterocycles. The number of rotatable bonds is 7. The predicted octanol–water partition coefficient (Wildman–Crippen LogP) is 3.42. The highest BCUT2D eigenvalue weighted by Crippen LogP contribution is 2.15. The summed E-state index contributed by atoms with van der Waals surface area (Å²) in [7, 11) is -3.53. The van der Waals surface area contributed by atoms with Crippen LogP contribution in [0.2, 0.25) is 5.02 Å². The summed E-state index contributed by atoms with van der Waals surface area (Å²) in [6, 6.07) is 15.4. The lowest BCUT2D eigenvalue weighted by Gasteiger charge is -2.07. The first-order valence-electron chi connectivity index (χ1n) is 6.83. The fraction of sp³-hybridized carbons (Fsp3) is 0.188. The van der Waals surface area contributed by atoms with Crippen LogP contribution in [0.4, 0.5) is 0 Å². The lowest BCUT2D eigenvalue weighted by Crippen LogP contribution is -2.26. The van der Waals surface area contributed by atoms with Gasteiger partial charge in [-0.25, -0.2) is 13.1 Å². The number of sulfonamides is 1. The highest BCUT2D eigenvalue weighted by molar-refractivity contribution is 7.98. The Morgan fingerprint density at radius 2 is 1.74 bits per heavy atom. The summed E-state index contributed by atoms with van der Waals surface area (Å²) in [5, 5.41) is 9.42. The molecular formula is C16H15ClN2O2S2. The minimum atomic E-state index is -3.53. The van der Waals surface area contributed by atoms with Crippen LogP contribution in [-0.2, 0) is 15.8 Å². The van der Waals surface area contributed by atoms with Crippen LogP contribution in [0.3, 0.4) is 0 Å². The quantitative estimate of drug-likeness (QED) is 0.762. The van der Waals surface area contributed by atoms with Crippen molar-refractivity contribution in [2.45, 2.75) is 10.6 Å². The van der Waals surface area contributed by atoms with E-state index in [0.717, 1.165) is 11.3 Å². The molecule has 2 aromatic carbocycles. The smallest absolute Gasteiger partial charge is 0.210 e. The molecular weight excluding hydrogens is 352 g/mol. The summed E-state index contributed by atoms with van der Waals surface area (Å²) >= 11 is 7.46. The number of nitrogens with zero attached hydrogens (tertiary/aromatic N) is 1. The molecule has 0 fully saturated rings. The lowest BCUT2D eigenvalue weighted by molar-refractivity contribution is 0.584. The van der Waals surface area contributed by atoms with Gasteiger partial charge in [-0.05, 0) is 42.0 Å². The summed E-state index contributed by atoms with van der Waals surface area (Å²) in [5.74, 6) is 1.47. The maximum atomic E-state index is 12.1.